The fourth-order valence-electron chi connectivity index (χ4n) is 1.41. The van der Waals surface area contributed by atoms with Gasteiger partial charge in [-0.05, 0) is 37.5 Å². The van der Waals surface area contributed by atoms with Gasteiger partial charge in [-0.3, -0.25) is 0 Å². The number of allylic oxidation sites excluding steroid dienone is 1. The van der Waals surface area contributed by atoms with Gasteiger partial charge >= 0.3 is 0 Å². The Balaban J connectivity index is 2.33. The molecule has 0 aromatic heterocycles. The van der Waals surface area contributed by atoms with E-state index in [0.717, 1.165) is 24.9 Å². The molecule has 0 aliphatic rings. The van der Waals surface area contributed by atoms with Crippen molar-refractivity contribution in [3.8, 4) is 0 Å². The maximum Gasteiger partial charge on any atom is 0.123 e. The molecule has 82 valence electrons. The van der Waals surface area contributed by atoms with E-state index in [0.29, 0.717) is 6.04 Å². The molecule has 1 N–H and O–H groups in total. The summed E-state index contributed by atoms with van der Waals surface area (Å²) in [5.41, 5.74) is 0.987. The van der Waals surface area contributed by atoms with Gasteiger partial charge in [0.25, 0.3) is 0 Å². The van der Waals surface area contributed by atoms with E-state index in [1.54, 1.807) is 12.1 Å². The van der Waals surface area contributed by atoms with Gasteiger partial charge in [0.05, 0.1) is 0 Å². The highest BCUT2D eigenvalue weighted by atomic mass is 19.1. The minimum atomic E-state index is -0.173. The molecule has 0 bridgehead atoms. The van der Waals surface area contributed by atoms with Crippen molar-refractivity contribution >= 4 is 0 Å². The molecule has 0 fully saturated rings. The monoisotopic (exact) mass is 207 g/mol. The summed E-state index contributed by atoms with van der Waals surface area (Å²) >= 11 is 0. The van der Waals surface area contributed by atoms with Gasteiger partial charge < -0.3 is 5.32 Å². The first kappa shape index (κ1) is 11.9. The second-order valence-corrected chi connectivity index (χ2v) is 3.78. The van der Waals surface area contributed by atoms with Gasteiger partial charge in [0.15, 0.2) is 0 Å². The van der Waals surface area contributed by atoms with Gasteiger partial charge in [-0.15, -0.1) is 6.58 Å². The molecule has 0 radical (unpaired) electrons. The molecule has 15 heavy (non-hydrogen) atoms. The second-order valence-electron chi connectivity index (χ2n) is 3.78. The van der Waals surface area contributed by atoms with Crippen LogP contribution >= 0.6 is 0 Å². The molecule has 0 aliphatic heterocycles. The van der Waals surface area contributed by atoms with Gasteiger partial charge in [-0.1, -0.05) is 18.2 Å². The molecule has 0 aliphatic carbocycles. The highest BCUT2D eigenvalue weighted by molar-refractivity contribution is 5.15. The molecular formula is C13H18FN. The Kier molecular flexibility index (Phi) is 5.05. The van der Waals surface area contributed by atoms with Crippen molar-refractivity contribution in [2.75, 3.05) is 0 Å². The predicted molar refractivity (Wildman–Crippen MR) is 62.1 cm³/mol. The molecule has 0 saturated carbocycles. The Morgan fingerprint density at radius 2 is 2.33 bits per heavy atom. The molecule has 1 nitrogen and oxygen atoms in total. The molecule has 0 saturated heterocycles. The maximum absolute atomic E-state index is 12.9. The Labute approximate surface area is 91.0 Å². The Morgan fingerprint density at radius 1 is 1.53 bits per heavy atom. The van der Waals surface area contributed by atoms with Gasteiger partial charge in [-0.2, -0.15) is 0 Å². The van der Waals surface area contributed by atoms with Crippen molar-refractivity contribution in [1.82, 2.24) is 5.32 Å². The minimum Gasteiger partial charge on any atom is -0.310 e. The van der Waals surface area contributed by atoms with Crippen molar-refractivity contribution in [1.29, 1.82) is 0 Å². The topological polar surface area (TPSA) is 12.0 Å². The van der Waals surface area contributed by atoms with Crippen LogP contribution < -0.4 is 5.32 Å². The van der Waals surface area contributed by atoms with Crippen molar-refractivity contribution < 1.29 is 4.39 Å². The highest BCUT2D eigenvalue weighted by Gasteiger charge is 2.00. The average Bonchev–Trinajstić information content (AvgIpc) is 2.23. The molecule has 0 spiro atoms. The molecule has 0 amide bonds. The minimum absolute atomic E-state index is 0.173. The molecule has 2 heteroatoms. The smallest absolute Gasteiger partial charge is 0.123 e. The summed E-state index contributed by atoms with van der Waals surface area (Å²) in [4.78, 5) is 0. The number of nitrogens with one attached hydrogen (secondary N) is 1. The van der Waals surface area contributed by atoms with Gasteiger partial charge in [0, 0.05) is 12.6 Å². The summed E-state index contributed by atoms with van der Waals surface area (Å²) in [7, 11) is 0. The largest absolute Gasteiger partial charge is 0.310 e. The molecule has 1 rings (SSSR count). The zero-order chi connectivity index (χ0) is 11.1. The first-order valence-corrected chi connectivity index (χ1v) is 5.31. The molecule has 1 atom stereocenters. The van der Waals surface area contributed by atoms with Crippen LogP contribution in [0.3, 0.4) is 0 Å². The lowest BCUT2D eigenvalue weighted by molar-refractivity contribution is 0.516. The van der Waals surface area contributed by atoms with Crippen LogP contribution in [0.2, 0.25) is 0 Å². The SMILES string of the molecule is C=CCCC(C)NCc1cccc(F)c1. The Bertz CT molecular complexity index is 309. The number of hydrogen-bond acceptors (Lipinski definition) is 1. The summed E-state index contributed by atoms with van der Waals surface area (Å²) in [6.07, 6.45) is 4.00. The molecule has 1 unspecified atom stereocenters. The fourth-order valence-corrected chi connectivity index (χ4v) is 1.41. The highest BCUT2D eigenvalue weighted by Crippen LogP contribution is 2.04. The zero-order valence-corrected chi connectivity index (χ0v) is 9.17. The van der Waals surface area contributed by atoms with Crippen molar-refractivity contribution in [2.24, 2.45) is 0 Å². The number of hydrogen-bond donors (Lipinski definition) is 1. The van der Waals surface area contributed by atoms with Crippen molar-refractivity contribution in [2.45, 2.75) is 32.4 Å². The number of halogens is 1. The van der Waals surface area contributed by atoms with E-state index >= 15 is 0 Å². The lowest BCUT2D eigenvalue weighted by Gasteiger charge is -2.12. The molecule has 1 aromatic carbocycles. The van der Waals surface area contributed by atoms with Crippen LogP contribution in [0, 0.1) is 5.82 Å². The van der Waals surface area contributed by atoms with E-state index in [9.17, 15) is 4.39 Å². The Hall–Kier alpha value is -1.15. The summed E-state index contributed by atoms with van der Waals surface area (Å²) < 4.78 is 12.9. The van der Waals surface area contributed by atoms with E-state index in [1.807, 2.05) is 12.1 Å². The van der Waals surface area contributed by atoms with Crippen LogP contribution in [0.5, 0.6) is 0 Å². The molecule has 0 heterocycles. The third kappa shape index (κ3) is 4.75. The average molecular weight is 207 g/mol. The number of rotatable bonds is 6. The van der Waals surface area contributed by atoms with Gasteiger partial charge in [0.1, 0.15) is 5.82 Å². The molecule has 1 aromatic rings. The lowest BCUT2D eigenvalue weighted by Crippen LogP contribution is -2.25. The van der Waals surface area contributed by atoms with Crippen LogP contribution in [0.1, 0.15) is 25.3 Å². The lowest BCUT2D eigenvalue weighted by atomic mass is 10.1. The van der Waals surface area contributed by atoms with Crippen molar-refractivity contribution in [3.63, 3.8) is 0 Å². The van der Waals surface area contributed by atoms with Crippen LogP contribution in [0.4, 0.5) is 4.39 Å². The second kappa shape index (κ2) is 6.36. The van der Waals surface area contributed by atoms with Crippen LogP contribution in [-0.2, 0) is 6.54 Å². The maximum atomic E-state index is 12.9. The van der Waals surface area contributed by atoms with Crippen LogP contribution in [0.25, 0.3) is 0 Å². The van der Waals surface area contributed by atoms with E-state index in [2.05, 4.69) is 18.8 Å². The third-order valence-corrected chi connectivity index (χ3v) is 2.35. The van der Waals surface area contributed by atoms with E-state index in [-0.39, 0.29) is 5.82 Å². The molecular weight excluding hydrogens is 189 g/mol. The normalized spacial score (nSPS) is 12.4. The van der Waals surface area contributed by atoms with E-state index in [1.165, 1.54) is 6.07 Å². The number of benzene rings is 1. The van der Waals surface area contributed by atoms with Crippen molar-refractivity contribution in [3.05, 3.63) is 48.3 Å². The third-order valence-electron chi connectivity index (χ3n) is 2.35. The summed E-state index contributed by atoms with van der Waals surface area (Å²) in [5, 5.41) is 3.35. The summed E-state index contributed by atoms with van der Waals surface area (Å²) in [6.45, 7) is 6.53. The summed E-state index contributed by atoms with van der Waals surface area (Å²) in [5.74, 6) is -0.173. The predicted octanol–water partition coefficient (Wildman–Crippen LogP) is 3.27. The zero-order valence-electron chi connectivity index (χ0n) is 9.17. The van der Waals surface area contributed by atoms with E-state index < -0.39 is 0 Å². The van der Waals surface area contributed by atoms with Crippen LogP contribution in [0.15, 0.2) is 36.9 Å². The first-order chi connectivity index (χ1) is 7.22. The fraction of sp³-hybridized carbons (Fsp3) is 0.385. The van der Waals surface area contributed by atoms with Crippen LogP contribution in [-0.4, -0.2) is 6.04 Å². The van der Waals surface area contributed by atoms with Gasteiger partial charge in [0.2, 0.25) is 0 Å². The Morgan fingerprint density at radius 3 is 3.00 bits per heavy atom. The van der Waals surface area contributed by atoms with E-state index in [4.69, 9.17) is 0 Å². The first-order valence-electron chi connectivity index (χ1n) is 5.31. The van der Waals surface area contributed by atoms with Gasteiger partial charge in [-0.25, -0.2) is 4.39 Å². The quantitative estimate of drug-likeness (QED) is 0.706. The summed E-state index contributed by atoms with van der Waals surface area (Å²) in [6, 6.07) is 7.13. The standard InChI is InChI=1S/C13H18FN/c1-3-4-6-11(2)15-10-12-7-5-8-13(14)9-12/h3,5,7-9,11,15H,1,4,6,10H2,2H3.